The zero-order chi connectivity index (χ0) is 18.3. The Hall–Kier alpha value is -0.860. The van der Waals surface area contributed by atoms with E-state index in [4.69, 9.17) is 0 Å². The fourth-order valence-electron chi connectivity index (χ4n) is 3.74. The smallest absolute Gasteiger partial charge is 0.543 e. The van der Waals surface area contributed by atoms with Crippen molar-refractivity contribution in [2.75, 3.05) is 0 Å². The monoisotopic (exact) mass is 384 g/mol. The summed E-state index contributed by atoms with van der Waals surface area (Å²) in [7, 11) is 0. The fourth-order valence-corrected chi connectivity index (χ4v) is 5.08. The van der Waals surface area contributed by atoms with E-state index >= 15 is 0 Å². The van der Waals surface area contributed by atoms with Gasteiger partial charge in [-0.05, 0) is 19.1 Å². The summed E-state index contributed by atoms with van der Waals surface area (Å²) in [5, 5.41) is 21.6. The number of carbonyl (C=O) groups excluding carboxylic acids is 2. The van der Waals surface area contributed by atoms with Crippen LogP contribution < -0.4 is 34.7 Å². The molecular weight excluding hydrogens is 363 g/mol. The van der Waals surface area contributed by atoms with Crippen LogP contribution >= 0.6 is 11.8 Å². The standard InChI is InChI=1S/C18H22N2O4S.Na/c1-9(8-12-6-4-5-7-19-12)25-16-10(2)14-13(11(3)21)17(22)20(14)15(16)18(23)24;/h4-7,9-11,13-14,21H,8H2,1-3H3,(H,23,24);/q;+1/p-1/t9-,10-,11-,13-,14-;/m1./s1. The summed E-state index contributed by atoms with van der Waals surface area (Å²) < 4.78 is 0. The van der Waals surface area contributed by atoms with E-state index in [-0.39, 0.29) is 58.4 Å². The number of pyridine rings is 1. The third kappa shape index (κ3) is 3.73. The molecule has 134 valence electrons. The number of nitrogens with zero attached hydrogens (tertiary/aromatic N) is 2. The van der Waals surface area contributed by atoms with E-state index in [2.05, 4.69) is 4.98 Å². The molecule has 1 aromatic heterocycles. The normalized spacial score (nSPS) is 26.7. The van der Waals surface area contributed by atoms with Gasteiger partial charge in [-0.15, -0.1) is 11.8 Å². The zero-order valence-electron chi connectivity index (χ0n) is 15.4. The summed E-state index contributed by atoms with van der Waals surface area (Å²) in [6.45, 7) is 5.49. The van der Waals surface area contributed by atoms with Crippen LogP contribution in [0.5, 0.6) is 0 Å². The number of carboxylic acid groups (broad SMARTS) is 1. The number of aliphatic hydroxyl groups is 1. The van der Waals surface area contributed by atoms with E-state index in [9.17, 15) is 19.8 Å². The quantitative estimate of drug-likeness (QED) is 0.433. The molecular formula is C18H21N2NaO4S. The van der Waals surface area contributed by atoms with Crippen molar-refractivity contribution in [2.24, 2.45) is 11.8 Å². The van der Waals surface area contributed by atoms with Gasteiger partial charge in [0.15, 0.2) is 0 Å². The number of carboxylic acids is 1. The second kappa shape index (κ2) is 8.44. The summed E-state index contributed by atoms with van der Waals surface area (Å²) in [5.74, 6) is -2.35. The van der Waals surface area contributed by atoms with E-state index < -0.39 is 18.0 Å². The number of carbonyl (C=O) groups is 2. The van der Waals surface area contributed by atoms with E-state index in [1.165, 1.54) is 16.7 Å². The van der Waals surface area contributed by atoms with Crippen LogP contribution in [0.25, 0.3) is 0 Å². The van der Waals surface area contributed by atoms with Crippen molar-refractivity contribution < 1.29 is 49.4 Å². The molecule has 1 N–H and O–H groups in total. The fraction of sp³-hybridized carbons (Fsp3) is 0.500. The van der Waals surface area contributed by atoms with Crippen molar-refractivity contribution in [1.82, 2.24) is 9.88 Å². The van der Waals surface area contributed by atoms with Gasteiger partial charge in [0.25, 0.3) is 0 Å². The van der Waals surface area contributed by atoms with E-state index in [1.807, 2.05) is 32.0 Å². The molecule has 6 nitrogen and oxygen atoms in total. The first kappa shape index (κ1) is 21.4. The molecule has 5 atom stereocenters. The van der Waals surface area contributed by atoms with Crippen LogP contribution in [0.3, 0.4) is 0 Å². The molecule has 0 unspecified atom stereocenters. The Morgan fingerprint density at radius 3 is 2.65 bits per heavy atom. The zero-order valence-corrected chi connectivity index (χ0v) is 18.2. The molecule has 0 saturated carbocycles. The van der Waals surface area contributed by atoms with Crippen LogP contribution in [0.2, 0.25) is 0 Å². The van der Waals surface area contributed by atoms with Gasteiger partial charge in [0.05, 0.1) is 29.7 Å². The van der Waals surface area contributed by atoms with Gasteiger partial charge in [-0.1, -0.05) is 19.9 Å². The molecule has 0 spiro atoms. The molecule has 0 bridgehead atoms. The van der Waals surface area contributed by atoms with Gasteiger partial charge in [-0.2, -0.15) is 0 Å². The number of thioether (sulfide) groups is 1. The molecule has 3 rings (SSSR count). The van der Waals surface area contributed by atoms with E-state index in [0.717, 1.165) is 5.69 Å². The van der Waals surface area contributed by atoms with Gasteiger partial charge in [0.1, 0.15) is 0 Å². The van der Waals surface area contributed by atoms with Gasteiger partial charge >= 0.3 is 29.6 Å². The molecule has 1 fully saturated rings. The predicted molar refractivity (Wildman–Crippen MR) is 92.0 cm³/mol. The number of rotatable bonds is 6. The topological polar surface area (TPSA) is 93.6 Å². The number of hydrogen-bond acceptors (Lipinski definition) is 6. The Kier molecular flexibility index (Phi) is 6.96. The van der Waals surface area contributed by atoms with Crippen LogP contribution in [0.15, 0.2) is 35.0 Å². The molecule has 1 saturated heterocycles. The van der Waals surface area contributed by atoms with Crippen molar-refractivity contribution >= 4 is 23.6 Å². The number of aliphatic hydroxyl groups excluding tert-OH is 1. The first-order valence-electron chi connectivity index (χ1n) is 8.36. The number of aromatic nitrogens is 1. The maximum absolute atomic E-state index is 12.3. The van der Waals surface area contributed by atoms with Crippen LogP contribution in [0.4, 0.5) is 0 Å². The first-order chi connectivity index (χ1) is 11.8. The van der Waals surface area contributed by atoms with Crippen molar-refractivity contribution in [3.05, 3.63) is 40.7 Å². The number of β-lactam (4-membered cyclic amide) rings is 1. The second-order valence-electron chi connectivity index (χ2n) is 6.71. The Labute approximate surface area is 179 Å². The van der Waals surface area contributed by atoms with Crippen LogP contribution in [-0.2, 0) is 16.0 Å². The van der Waals surface area contributed by atoms with Gasteiger partial charge in [0, 0.05) is 34.4 Å². The Bertz CT molecular complexity index is 725. The summed E-state index contributed by atoms with van der Waals surface area (Å²) in [5.41, 5.74) is 0.905. The summed E-state index contributed by atoms with van der Waals surface area (Å²) in [6, 6.07) is 5.40. The minimum Gasteiger partial charge on any atom is -0.543 e. The maximum atomic E-state index is 12.3. The minimum absolute atomic E-state index is 0. The van der Waals surface area contributed by atoms with Crippen molar-refractivity contribution in [3.63, 3.8) is 0 Å². The number of amides is 1. The van der Waals surface area contributed by atoms with Crippen LogP contribution in [0, 0.1) is 11.8 Å². The minimum atomic E-state index is -1.33. The Morgan fingerprint density at radius 2 is 2.12 bits per heavy atom. The largest absolute Gasteiger partial charge is 1.00 e. The molecule has 0 radical (unpaired) electrons. The summed E-state index contributed by atoms with van der Waals surface area (Å²) in [4.78, 5) is 30.2. The molecule has 1 aromatic rings. The van der Waals surface area contributed by atoms with Crippen molar-refractivity contribution in [1.29, 1.82) is 0 Å². The van der Waals surface area contributed by atoms with Gasteiger partial charge in [0.2, 0.25) is 5.91 Å². The maximum Gasteiger partial charge on any atom is 1.00 e. The summed E-state index contributed by atoms with van der Waals surface area (Å²) in [6.07, 6.45) is 1.63. The van der Waals surface area contributed by atoms with Crippen LogP contribution in [-0.4, -0.2) is 44.3 Å². The molecule has 26 heavy (non-hydrogen) atoms. The van der Waals surface area contributed by atoms with Crippen molar-refractivity contribution in [3.8, 4) is 0 Å². The number of aliphatic carboxylic acids is 1. The third-order valence-corrected chi connectivity index (χ3v) is 6.24. The van der Waals surface area contributed by atoms with Gasteiger partial charge in [-0.3, -0.25) is 9.78 Å². The number of hydrogen-bond donors (Lipinski definition) is 1. The number of fused-ring (bicyclic) bond motifs is 1. The third-order valence-electron chi connectivity index (χ3n) is 4.85. The first-order valence-corrected chi connectivity index (χ1v) is 9.24. The molecule has 2 aliphatic rings. The molecule has 0 aliphatic carbocycles. The van der Waals surface area contributed by atoms with Gasteiger partial charge < -0.3 is 19.9 Å². The van der Waals surface area contributed by atoms with Crippen LogP contribution in [0.1, 0.15) is 26.5 Å². The molecule has 8 heteroatoms. The van der Waals surface area contributed by atoms with Gasteiger partial charge in [-0.25, -0.2) is 0 Å². The average Bonchev–Trinajstić information content (AvgIpc) is 2.77. The Balaban J connectivity index is 0.00000243. The Morgan fingerprint density at radius 1 is 1.42 bits per heavy atom. The molecule has 0 aromatic carbocycles. The molecule has 3 heterocycles. The van der Waals surface area contributed by atoms with Crippen molar-refractivity contribution in [2.45, 2.75) is 44.6 Å². The average molecular weight is 384 g/mol. The molecule has 1 amide bonds. The SMILES string of the molecule is C[C@H](Cc1ccccn1)SC1=C(C(=O)[O-])N2C(=O)[C@H]([C@@H](C)O)[C@H]2[C@H]1C.[Na+]. The summed E-state index contributed by atoms with van der Waals surface area (Å²) >= 11 is 1.45. The second-order valence-corrected chi connectivity index (χ2v) is 8.19. The van der Waals surface area contributed by atoms with E-state index in [1.54, 1.807) is 13.1 Å². The molecule has 2 aliphatic heterocycles. The van der Waals surface area contributed by atoms with E-state index in [0.29, 0.717) is 11.3 Å². The predicted octanol–water partition coefficient (Wildman–Crippen LogP) is -2.43.